The van der Waals surface area contributed by atoms with Crippen molar-refractivity contribution in [1.29, 1.82) is 0 Å². The number of halogens is 2. The first-order valence-corrected chi connectivity index (χ1v) is 5.77. The van der Waals surface area contributed by atoms with Gasteiger partial charge in [-0.3, -0.25) is 0 Å². The van der Waals surface area contributed by atoms with E-state index in [9.17, 15) is 4.39 Å². The summed E-state index contributed by atoms with van der Waals surface area (Å²) in [5.74, 6) is 0.206. The third kappa shape index (κ3) is 4.18. The van der Waals surface area contributed by atoms with Crippen molar-refractivity contribution in [1.82, 2.24) is 0 Å². The Kier molecular flexibility index (Phi) is 5.05. The van der Waals surface area contributed by atoms with E-state index in [1.165, 1.54) is 12.1 Å². The maximum absolute atomic E-state index is 13.0. The molecule has 1 aromatic carbocycles. The van der Waals surface area contributed by atoms with Crippen LogP contribution < -0.4 is 10.5 Å². The average Bonchev–Trinajstić information content (AvgIpc) is 2.15. The molecule has 1 atom stereocenters. The van der Waals surface area contributed by atoms with Crippen molar-refractivity contribution >= 4 is 15.9 Å². The Balaban J connectivity index is 2.69. The average molecular weight is 276 g/mol. The van der Waals surface area contributed by atoms with Gasteiger partial charge in [0.1, 0.15) is 17.7 Å². The largest absolute Gasteiger partial charge is 0.489 e. The monoisotopic (exact) mass is 275 g/mol. The molecule has 0 spiro atoms. The summed E-state index contributed by atoms with van der Waals surface area (Å²) in [6, 6.07) is 4.49. The molecule has 0 radical (unpaired) electrons. The fourth-order valence-electron chi connectivity index (χ4n) is 1.34. The highest BCUT2D eigenvalue weighted by Crippen LogP contribution is 2.22. The van der Waals surface area contributed by atoms with Gasteiger partial charge >= 0.3 is 0 Å². The number of hydrogen-bond donors (Lipinski definition) is 1. The second kappa shape index (κ2) is 6.08. The molecule has 1 rings (SSSR count). The molecular weight excluding hydrogens is 261 g/mol. The Labute approximate surface area is 97.7 Å². The van der Waals surface area contributed by atoms with Gasteiger partial charge < -0.3 is 10.5 Å². The Morgan fingerprint density at radius 2 is 2.20 bits per heavy atom. The lowest BCUT2D eigenvalue weighted by Gasteiger charge is -2.16. The zero-order valence-electron chi connectivity index (χ0n) is 8.67. The number of hydrogen-bond acceptors (Lipinski definition) is 2. The molecule has 4 heteroatoms. The predicted molar refractivity (Wildman–Crippen MR) is 62.5 cm³/mol. The van der Waals surface area contributed by atoms with E-state index in [4.69, 9.17) is 10.5 Å². The van der Waals surface area contributed by atoms with Crippen molar-refractivity contribution in [3.8, 4) is 5.75 Å². The summed E-state index contributed by atoms with van der Waals surface area (Å²) >= 11 is 3.21. The first-order valence-electron chi connectivity index (χ1n) is 4.98. The summed E-state index contributed by atoms with van der Waals surface area (Å²) in [6.45, 7) is 2.51. The first-order chi connectivity index (χ1) is 7.15. The molecule has 0 bridgehead atoms. The third-order valence-electron chi connectivity index (χ3n) is 2.01. The summed E-state index contributed by atoms with van der Waals surface area (Å²) in [4.78, 5) is 0. The molecule has 2 N–H and O–H groups in total. The molecule has 1 aromatic rings. The normalized spacial score (nSPS) is 12.5. The predicted octanol–water partition coefficient (Wildman–Crippen LogP) is 3.09. The minimum Gasteiger partial charge on any atom is -0.489 e. The quantitative estimate of drug-likeness (QED) is 0.896. The van der Waals surface area contributed by atoms with E-state index in [1.54, 1.807) is 6.07 Å². The maximum atomic E-state index is 13.0. The molecule has 0 amide bonds. The second-order valence-electron chi connectivity index (χ2n) is 3.37. The Hall–Kier alpha value is -0.610. The molecule has 2 nitrogen and oxygen atoms in total. The van der Waals surface area contributed by atoms with Gasteiger partial charge in [-0.2, -0.15) is 0 Å². The van der Waals surface area contributed by atoms with Crippen molar-refractivity contribution in [2.75, 3.05) is 6.54 Å². The van der Waals surface area contributed by atoms with Crippen LogP contribution in [0, 0.1) is 5.82 Å². The molecule has 84 valence electrons. The zero-order chi connectivity index (χ0) is 11.3. The van der Waals surface area contributed by atoms with Gasteiger partial charge in [-0.05, 0) is 18.6 Å². The van der Waals surface area contributed by atoms with Gasteiger partial charge in [0.05, 0.1) is 0 Å². The molecular formula is C11H15BrFNO. The van der Waals surface area contributed by atoms with Gasteiger partial charge in [0, 0.05) is 17.1 Å². The van der Waals surface area contributed by atoms with Crippen LogP contribution in [0.3, 0.4) is 0 Å². The molecule has 0 saturated carbocycles. The summed E-state index contributed by atoms with van der Waals surface area (Å²) in [5, 5.41) is 0. The fraction of sp³-hybridized carbons (Fsp3) is 0.455. The number of benzene rings is 1. The van der Waals surface area contributed by atoms with Crippen molar-refractivity contribution in [2.45, 2.75) is 25.9 Å². The Morgan fingerprint density at radius 3 is 2.73 bits per heavy atom. The van der Waals surface area contributed by atoms with Crippen molar-refractivity contribution < 1.29 is 9.13 Å². The Bertz CT molecular complexity index is 299. The van der Waals surface area contributed by atoms with Crippen LogP contribution in [0.25, 0.3) is 0 Å². The molecule has 0 fully saturated rings. The van der Waals surface area contributed by atoms with E-state index in [-0.39, 0.29) is 11.9 Å². The zero-order valence-corrected chi connectivity index (χ0v) is 10.3. The standard InChI is InChI=1S/C11H15BrFNO/c1-2-3-10(7-14)15-11-5-8(12)4-9(13)6-11/h4-6,10H,2-3,7,14H2,1H3. The van der Waals surface area contributed by atoms with Crippen LogP contribution in [0.5, 0.6) is 5.75 Å². The topological polar surface area (TPSA) is 35.2 Å². The van der Waals surface area contributed by atoms with Crippen LogP contribution in [0.1, 0.15) is 19.8 Å². The summed E-state index contributed by atoms with van der Waals surface area (Å²) in [5.41, 5.74) is 5.55. The molecule has 0 aliphatic heterocycles. The van der Waals surface area contributed by atoms with Crippen LogP contribution in [0.4, 0.5) is 4.39 Å². The molecule has 0 heterocycles. The first kappa shape index (κ1) is 12.5. The van der Waals surface area contributed by atoms with E-state index < -0.39 is 0 Å². The van der Waals surface area contributed by atoms with Gasteiger partial charge in [-0.15, -0.1) is 0 Å². The van der Waals surface area contributed by atoms with Crippen LogP contribution in [0.15, 0.2) is 22.7 Å². The maximum Gasteiger partial charge on any atom is 0.128 e. The van der Waals surface area contributed by atoms with Crippen LogP contribution in [0.2, 0.25) is 0 Å². The third-order valence-corrected chi connectivity index (χ3v) is 2.47. The number of rotatable bonds is 5. The highest BCUT2D eigenvalue weighted by Gasteiger charge is 2.08. The minimum atomic E-state index is -0.313. The SMILES string of the molecule is CCCC(CN)Oc1cc(F)cc(Br)c1. The van der Waals surface area contributed by atoms with Crippen molar-refractivity contribution in [3.05, 3.63) is 28.5 Å². The van der Waals surface area contributed by atoms with Gasteiger partial charge in [0.15, 0.2) is 0 Å². The molecule has 0 saturated heterocycles. The van der Waals surface area contributed by atoms with E-state index in [2.05, 4.69) is 22.9 Å². The lowest BCUT2D eigenvalue weighted by molar-refractivity contribution is 0.197. The van der Waals surface area contributed by atoms with Gasteiger partial charge in [-0.1, -0.05) is 29.3 Å². The second-order valence-corrected chi connectivity index (χ2v) is 4.29. The van der Waals surface area contributed by atoms with E-state index in [1.807, 2.05) is 0 Å². The Morgan fingerprint density at radius 1 is 1.47 bits per heavy atom. The van der Waals surface area contributed by atoms with Crippen LogP contribution in [-0.2, 0) is 0 Å². The lowest BCUT2D eigenvalue weighted by atomic mass is 10.2. The molecule has 0 aliphatic rings. The number of nitrogens with two attached hydrogens (primary N) is 1. The summed E-state index contributed by atoms with van der Waals surface area (Å²) in [6.07, 6.45) is 1.84. The van der Waals surface area contributed by atoms with Gasteiger partial charge in [0.25, 0.3) is 0 Å². The highest BCUT2D eigenvalue weighted by atomic mass is 79.9. The fourth-order valence-corrected chi connectivity index (χ4v) is 1.78. The van der Waals surface area contributed by atoms with Crippen LogP contribution in [-0.4, -0.2) is 12.6 Å². The number of ether oxygens (including phenoxy) is 1. The lowest BCUT2D eigenvalue weighted by Crippen LogP contribution is -2.26. The van der Waals surface area contributed by atoms with Crippen molar-refractivity contribution in [2.24, 2.45) is 5.73 Å². The molecule has 15 heavy (non-hydrogen) atoms. The summed E-state index contributed by atoms with van der Waals surface area (Å²) in [7, 11) is 0. The minimum absolute atomic E-state index is 0.0382. The van der Waals surface area contributed by atoms with E-state index >= 15 is 0 Å². The molecule has 1 unspecified atom stereocenters. The molecule has 0 aliphatic carbocycles. The van der Waals surface area contributed by atoms with Gasteiger partial charge in [-0.25, -0.2) is 4.39 Å². The van der Waals surface area contributed by atoms with E-state index in [0.29, 0.717) is 16.8 Å². The van der Waals surface area contributed by atoms with Crippen LogP contribution >= 0.6 is 15.9 Å². The van der Waals surface area contributed by atoms with E-state index in [0.717, 1.165) is 12.8 Å². The van der Waals surface area contributed by atoms with Crippen molar-refractivity contribution in [3.63, 3.8) is 0 Å². The molecule has 0 aromatic heterocycles. The summed E-state index contributed by atoms with van der Waals surface area (Å²) < 4.78 is 19.3. The van der Waals surface area contributed by atoms with Gasteiger partial charge in [0.2, 0.25) is 0 Å². The smallest absolute Gasteiger partial charge is 0.128 e. The highest BCUT2D eigenvalue weighted by molar-refractivity contribution is 9.10.